The molecule has 6 nitrogen and oxygen atoms in total. The van der Waals surface area contributed by atoms with E-state index in [-0.39, 0.29) is 22.0 Å². The normalized spacial score (nSPS) is 12.6. The van der Waals surface area contributed by atoms with Crippen LogP contribution in [0.15, 0.2) is 116 Å². The number of nitrogens with zero attached hydrogens (tertiary/aromatic N) is 5. The minimum Gasteiger partial charge on any atom is -0.507 e. The molecule has 0 aliphatic rings. The van der Waals surface area contributed by atoms with Crippen molar-refractivity contribution in [3.05, 3.63) is 144 Å². The molecule has 6 heteroatoms. The highest BCUT2D eigenvalue weighted by molar-refractivity contribution is 6.01. The van der Waals surface area contributed by atoms with E-state index in [1.807, 2.05) is 43.1 Å². The van der Waals surface area contributed by atoms with Gasteiger partial charge in [-0.25, -0.2) is 4.98 Å². The average Bonchev–Trinajstić information content (AvgIpc) is 3.61. The van der Waals surface area contributed by atoms with Gasteiger partial charge in [0.15, 0.2) is 0 Å². The fraction of sp³-hybridized carbons (Fsp3) is 0.321. The second-order valence-electron chi connectivity index (χ2n) is 20.8. The molecule has 0 spiro atoms. The molecular formula is C56H61N5O. The van der Waals surface area contributed by atoms with E-state index in [0.717, 1.165) is 66.6 Å². The highest BCUT2D eigenvalue weighted by Gasteiger charge is 2.26. The Labute approximate surface area is 368 Å². The van der Waals surface area contributed by atoms with Crippen molar-refractivity contribution < 1.29 is 5.11 Å². The fourth-order valence-electron chi connectivity index (χ4n) is 8.47. The highest BCUT2D eigenvalue weighted by atomic mass is 16.3. The Hall–Kier alpha value is -6.14. The molecule has 0 fully saturated rings. The van der Waals surface area contributed by atoms with Crippen LogP contribution in [0.3, 0.4) is 0 Å². The second kappa shape index (κ2) is 15.6. The number of rotatable bonds is 7. The van der Waals surface area contributed by atoms with Gasteiger partial charge in [0, 0.05) is 64.3 Å². The van der Waals surface area contributed by atoms with Crippen molar-refractivity contribution in [2.75, 3.05) is 0 Å². The van der Waals surface area contributed by atoms with Crippen molar-refractivity contribution in [3.8, 4) is 56.2 Å². The molecule has 4 aromatic carbocycles. The Morgan fingerprint density at radius 1 is 0.516 bits per heavy atom. The second-order valence-corrected chi connectivity index (χ2v) is 20.8. The van der Waals surface area contributed by atoms with Gasteiger partial charge in [0.1, 0.15) is 11.6 Å². The van der Waals surface area contributed by atoms with E-state index in [2.05, 4.69) is 167 Å². The maximum atomic E-state index is 11.7. The number of phenols is 1. The summed E-state index contributed by atoms with van der Waals surface area (Å²) in [5.41, 5.74) is 16.2. The van der Waals surface area contributed by atoms with E-state index in [4.69, 9.17) is 19.9 Å². The third kappa shape index (κ3) is 8.03. The lowest BCUT2D eigenvalue weighted by atomic mass is 9.85. The summed E-state index contributed by atoms with van der Waals surface area (Å²) in [5, 5.41) is 12.8. The maximum Gasteiger partial charge on any atom is 0.149 e. The van der Waals surface area contributed by atoms with Crippen molar-refractivity contribution >= 4 is 21.9 Å². The highest BCUT2D eigenvalue weighted by Crippen LogP contribution is 2.43. The van der Waals surface area contributed by atoms with Gasteiger partial charge < -0.3 is 5.11 Å². The molecule has 1 N–H and O–H groups in total. The van der Waals surface area contributed by atoms with Crippen LogP contribution in [0.25, 0.3) is 72.4 Å². The molecule has 0 aliphatic heterocycles. The van der Waals surface area contributed by atoms with Gasteiger partial charge in [0.25, 0.3) is 0 Å². The molecule has 0 radical (unpaired) electrons. The number of benzene rings is 4. The van der Waals surface area contributed by atoms with E-state index in [0.29, 0.717) is 23.2 Å². The summed E-state index contributed by atoms with van der Waals surface area (Å²) in [4.78, 5) is 20.1. The quantitative estimate of drug-likeness (QED) is 0.173. The van der Waals surface area contributed by atoms with Crippen LogP contribution in [0, 0.1) is 0 Å². The number of pyridine rings is 3. The first kappa shape index (κ1) is 42.5. The predicted octanol–water partition coefficient (Wildman–Crippen LogP) is 14.9. The van der Waals surface area contributed by atoms with Crippen molar-refractivity contribution in [3.63, 3.8) is 0 Å². The summed E-state index contributed by atoms with van der Waals surface area (Å²) in [7, 11) is 0. The molecule has 8 rings (SSSR count). The fourth-order valence-corrected chi connectivity index (χ4v) is 8.47. The van der Waals surface area contributed by atoms with Crippen molar-refractivity contribution in [2.45, 2.75) is 118 Å². The first-order valence-electron chi connectivity index (χ1n) is 22.0. The molecule has 0 saturated heterocycles. The zero-order valence-corrected chi connectivity index (χ0v) is 38.8. The van der Waals surface area contributed by atoms with Crippen molar-refractivity contribution in [1.29, 1.82) is 0 Å². The Morgan fingerprint density at radius 3 is 1.73 bits per heavy atom. The van der Waals surface area contributed by atoms with Gasteiger partial charge >= 0.3 is 0 Å². The molecule has 0 bridgehead atoms. The van der Waals surface area contributed by atoms with E-state index in [1.165, 1.54) is 22.3 Å². The summed E-state index contributed by atoms with van der Waals surface area (Å²) in [5.74, 6) is 1.57. The van der Waals surface area contributed by atoms with E-state index < -0.39 is 0 Å². The minimum atomic E-state index is -0.146. The topological polar surface area (TPSA) is 76.7 Å². The molecule has 0 atom stereocenters. The van der Waals surface area contributed by atoms with Gasteiger partial charge in [-0.15, -0.1) is 0 Å². The Bertz CT molecular complexity index is 2940. The number of imidazole rings is 1. The van der Waals surface area contributed by atoms with Crippen molar-refractivity contribution in [1.82, 2.24) is 24.5 Å². The third-order valence-electron chi connectivity index (χ3n) is 12.3. The van der Waals surface area contributed by atoms with Gasteiger partial charge in [-0.05, 0) is 116 Å². The number of aromatic hydroxyl groups is 1. The van der Waals surface area contributed by atoms with E-state index in [9.17, 15) is 5.11 Å². The lowest BCUT2D eigenvalue weighted by Gasteiger charge is -2.21. The molecule has 62 heavy (non-hydrogen) atoms. The predicted molar refractivity (Wildman–Crippen MR) is 260 cm³/mol. The standard InChI is InChI=1S/C56H61N5O/c1-33(2)35-22-36(34(3)4)24-37(23-35)38-26-44(39-25-40(30-57-29-39)46-31-58-32-47-48(56(11,12)13)20-21-59-51(46)47)52-49(27-38)61(43-17-14-41(15-18-43)54(5,6)7)53(60-52)45-28-42(55(8,9)10)16-19-50(45)62/h14-34,62H,1-13H3. The molecule has 0 aliphatic carbocycles. The lowest BCUT2D eigenvalue weighted by molar-refractivity contribution is 0.475. The smallest absolute Gasteiger partial charge is 0.149 e. The van der Waals surface area contributed by atoms with Crippen molar-refractivity contribution in [2.24, 2.45) is 0 Å². The minimum absolute atomic E-state index is 0.0188. The first-order chi connectivity index (χ1) is 29.2. The number of aromatic nitrogens is 5. The third-order valence-corrected chi connectivity index (χ3v) is 12.3. The monoisotopic (exact) mass is 819 g/mol. The molecule has 0 saturated carbocycles. The number of hydrogen-bond donors (Lipinski definition) is 1. The van der Waals surface area contributed by atoms with Crippen LogP contribution < -0.4 is 0 Å². The van der Waals surface area contributed by atoms with Gasteiger partial charge in [0.05, 0.1) is 22.1 Å². The molecule has 0 amide bonds. The van der Waals surface area contributed by atoms with Gasteiger partial charge in [0.2, 0.25) is 0 Å². The lowest BCUT2D eigenvalue weighted by Crippen LogP contribution is -2.12. The number of hydrogen-bond acceptors (Lipinski definition) is 5. The zero-order chi connectivity index (χ0) is 44.5. The summed E-state index contributed by atoms with van der Waals surface area (Å²) < 4.78 is 2.23. The van der Waals surface area contributed by atoms with Crippen LogP contribution in [-0.2, 0) is 16.2 Å². The average molecular weight is 820 g/mol. The molecule has 316 valence electrons. The summed E-state index contributed by atoms with van der Waals surface area (Å²) in [6.45, 7) is 29.0. The summed E-state index contributed by atoms with van der Waals surface area (Å²) >= 11 is 0. The molecule has 8 aromatic rings. The van der Waals surface area contributed by atoms with E-state index in [1.54, 1.807) is 0 Å². The molecule has 4 aromatic heterocycles. The Balaban J connectivity index is 1.47. The van der Waals surface area contributed by atoms with Crippen LogP contribution in [0.4, 0.5) is 0 Å². The van der Waals surface area contributed by atoms with Crippen LogP contribution in [-0.4, -0.2) is 29.6 Å². The van der Waals surface area contributed by atoms with Crippen LogP contribution in [0.5, 0.6) is 5.75 Å². The largest absolute Gasteiger partial charge is 0.507 e. The SMILES string of the molecule is CC(C)c1cc(-c2cc(-c3cncc(-c4cncc5c(C(C)(C)C)ccnc45)c3)c3nc(-c4cc(C(C)(C)C)ccc4O)n(-c4ccc(C(C)(C)C)cc4)c3c2)cc(C(C)C)c1. The van der Waals surface area contributed by atoms with Crippen LogP contribution >= 0.6 is 0 Å². The zero-order valence-electron chi connectivity index (χ0n) is 38.8. The molecular weight excluding hydrogens is 759 g/mol. The summed E-state index contributed by atoms with van der Waals surface area (Å²) in [6, 6.07) is 30.6. The first-order valence-corrected chi connectivity index (χ1v) is 22.0. The van der Waals surface area contributed by atoms with Gasteiger partial charge in [-0.1, -0.05) is 126 Å². The Morgan fingerprint density at radius 2 is 1.11 bits per heavy atom. The number of phenolic OH excluding ortho intramolecular Hbond substituents is 1. The van der Waals surface area contributed by atoms with Crippen LogP contribution in [0.2, 0.25) is 0 Å². The van der Waals surface area contributed by atoms with Gasteiger partial charge in [-0.2, -0.15) is 0 Å². The maximum absolute atomic E-state index is 11.7. The van der Waals surface area contributed by atoms with E-state index >= 15 is 0 Å². The van der Waals surface area contributed by atoms with Crippen LogP contribution in [0.1, 0.15) is 130 Å². The molecule has 4 heterocycles. The Kier molecular flexibility index (Phi) is 10.7. The summed E-state index contributed by atoms with van der Waals surface area (Å²) in [6.07, 6.45) is 9.58. The molecule has 0 unspecified atom stereocenters. The van der Waals surface area contributed by atoms with Gasteiger partial charge in [-0.3, -0.25) is 19.5 Å². The number of fused-ring (bicyclic) bond motifs is 2.